The number of nitrogens with one attached hydrogen (secondary N) is 1. The lowest BCUT2D eigenvalue weighted by molar-refractivity contribution is 0.145. The Labute approximate surface area is 153 Å². The van der Waals surface area contributed by atoms with E-state index >= 15 is 0 Å². The molecule has 1 aromatic heterocycles. The number of guanidine groups is 1. The summed E-state index contributed by atoms with van der Waals surface area (Å²) in [5, 5.41) is 3.03. The molecule has 0 bridgehead atoms. The second-order valence-corrected chi connectivity index (χ2v) is 4.66. The van der Waals surface area contributed by atoms with Crippen LogP contribution >= 0.6 is 24.0 Å². The van der Waals surface area contributed by atoms with Gasteiger partial charge in [-0.05, 0) is 13.3 Å². The first kappa shape index (κ1) is 19.4. The number of nitrogens with two attached hydrogens (primary N) is 1. The Hall–Kier alpha value is -1.61. The fourth-order valence-electron chi connectivity index (χ4n) is 1.86. The van der Waals surface area contributed by atoms with E-state index in [4.69, 9.17) is 14.9 Å². The van der Waals surface area contributed by atoms with Gasteiger partial charge in [-0.15, -0.1) is 24.0 Å². The van der Waals surface area contributed by atoms with Gasteiger partial charge in [0.25, 0.3) is 0 Å². The minimum Gasteiger partial charge on any atom is -0.439 e. The van der Waals surface area contributed by atoms with Gasteiger partial charge in [-0.2, -0.15) is 0 Å². The van der Waals surface area contributed by atoms with Gasteiger partial charge in [-0.25, -0.2) is 9.98 Å². The zero-order valence-electron chi connectivity index (χ0n) is 13.2. The van der Waals surface area contributed by atoms with Crippen LogP contribution < -0.4 is 11.1 Å². The van der Waals surface area contributed by atoms with Crippen LogP contribution in [0.25, 0.3) is 11.3 Å². The van der Waals surface area contributed by atoms with E-state index in [2.05, 4.69) is 15.3 Å². The number of halogens is 1. The first-order valence-corrected chi connectivity index (χ1v) is 7.41. The quantitative estimate of drug-likeness (QED) is 0.291. The zero-order chi connectivity index (χ0) is 15.6. The van der Waals surface area contributed by atoms with Crippen molar-refractivity contribution in [2.75, 3.05) is 19.8 Å². The molecule has 6 nitrogen and oxygen atoms in total. The molecular weight excluding hydrogens is 407 g/mol. The smallest absolute Gasteiger partial charge is 0.216 e. The number of nitrogens with zero attached hydrogens (tertiary/aromatic N) is 2. The molecule has 0 amide bonds. The third-order valence-electron chi connectivity index (χ3n) is 2.97. The highest BCUT2D eigenvalue weighted by atomic mass is 127. The molecule has 23 heavy (non-hydrogen) atoms. The zero-order valence-corrected chi connectivity index (χ0v) is 15.5. The molecular formula is C16H23IN4O2. The molecule has 7 heteroatoms. The molecule has 0 fully saturated rings. The molecule has 0 spiro atoms. The van der Waals surface area contributed by atoms with Crippen LogP contribution in [0.5, 0.6) is 0 Å². The summed E-state index contributed by atoms with van der Waals surface area (Å²) >= 11 is 0. The van der Waals surface area contributed by atoms with Crippen LogP contribution in [0, 0.1) is 0 Å². The maximum absolute atomic E-state index is 5.78. The van der Waals surface area contributed by atoms with E-state index in [1.54, 1.807) is 6.20 Å². The van der Waals surface area contributed by atoms with Gasteiger partial charge >= 0.3 is 0 Å². The molecule has 0 aliphatic carbocycles. The van der Waals surface area contributed by atoms with Gasteiger partial charge in [0.15, 0.2) is 11.7 Å². The molecule has 0 saturated heterocycles. The normalized spacial score (nSPS) is 11.1. The maximum atomic E-state index is 5.78. The predicted octanol–water partition coefficient (Wildman–Crippen LogP) is 2.79. The van der Waals surface area contributed by atoms with Gasteiger partial charge in [0.05, 0.1) is 6.20 Å². The summed E-state index contributed by atoms with van der Waals surface area (Å²) in [5.41, 5.74) is 6.78. The second-order valence-electron chi connectivity index (χ2n) is 4.66. The monoisotopic (exact) mass is 430 g/mol. The van der Waals surface area contributed by atoms with Crippen LogP contribution in [0.3, 0.4) is 0 Å². The van der Waals surface area contributed by atoms with Crippen molar-refractivity contribution in [3.63, 3.8) is 0 Å². The average Bonchev–Trinajstić information content (AvgIpc) is 3.02. The summed E-state index contributed by atoms with van der Waals surface area (Å²) in [4.78, 5) is 8.41. The van der Waals surface area contributed by atoms with Gasteiger partial charge < -0.3 is 20.2 Å². The van der Waals surface area contributed by atoms with Gasteiger partial charge in [0.2, 0.25) is 5.89 Å². The van der Waals surface area contributed by atoms with Crippen molar-refractivity contribution >= 4 is 29.9 Å². The third kappa shape index (κ3) is 7.00. The maximum Gasteiger partial charge on any atom is 0.216 e. The first-order valence-electron chi connectivity index (χ1n) is 7.41. The molecule has 1 heterocycles. The van der Waals surface area contributed by atoms with Crippen LogP contribution in [0.4, 0.5) is 0 Å². The predicted molar refractivity (Wildman–Crippen MR) is 102 cm³/mol. The number of hydrogen-bond donors (Lipinski definition) is 2. The second kappa shape index (κ2) is 11.0. The van der Waals surface area contributed by atoms with Crippen molar-refractivity contribution < 1.29 is 9.15 Å². The summed E-state index contributed by atoms with van der Waals surface area (Å²) in [6.45, 7) is 4.48. The Kier molecular flexibility index (Phi) is 9.30. The van der Waals surface area contributed by atoms with Crippen LogP contribution in [0.1, 0.15) is 19.2 Å². The molecule has 1 aromatic carbocycles. The largest absolute Gasteiger partial charge is 0.439 e. The van der Waals surface area contributed by atoms with Crippen molar-refractivity contribution in [2.24, 2.45) is 10.7 Å². The lowest BCUT2D eigenvalue weighted by atomic mass is 10.2. The van der Waals surface area contributed by atoms with E-state index in [9.17, 15) is 0 Å². The summed E-state index contributed by atoms with van der Waals surface area (Å²) in [6, 6.07) is 9.83. The van der Waals surface area contributed by atoms with Crippen molar-refractivity contribution in [3.8, 4) is 11.3 Å². The summed E-state index contributed by atoms with van der Waals surface area (Å²) in [6.07, 6.45) is 2.59. The summed E-state index contributed by atoms with van der Waals surface area (Å²) in [7, 11) is 0. The Morgan fingerprint density at radius 1 is 1.35 bits per heavy atom. The molecule has 0 radical (unpaired) electrons. The minimum absolute atomic E-state index is 0. The Bertz CT molecular complexity index is 587. The molecule has 0 unspecified atom stereocenters. The van der Waals surface area contributed by atoms with Gasteiger partial charge in [0.1, 0.15) is 6.54 Å². The number of benzene rings is 1. The SMILES string of the molecule is CCOCCCNC(N)=NCc1ncc(-c2ccccc2)o1.I. The Balaban J connectivity index is 0.00000264. The third-order valence-corrected chi connectivity index (χ3v) is 2.97. The van der Waals surface area contributed by atoms with Crippen LogP contribution in [-0.4, -0.2) is 30.7 Å². The summed E-state index contributed by atoms with van der Waals surface area (Å²) < 4.78 is 10.9. The minimum atomic E-state index is 0. The molecule has 0 saturated carbocycles. The fourth-order valence-corrected chi connectivity index (χ4v) is 1.86. The molecule has 2 aromatic rings. The standard InChI is InChI=1S/C16H22N4O2.HI/c1-2-21-10-6-9-18-16(17)20-12-15-19-11-14(22-15)13-7-4-3-5-8-13;/h3-5,7-8,11H,2,6,9-10,12H2,1H3,(H3,17,18,20);1H. The van der Waals surface area contributed by atoms with Gasteiger partial charge in [-0.1, -0.05) is 30.3 Å². The van der Waals surface area contributed by atoms with Crippen molar-refractivity contribution in [1.29, 1.82) is 0 Å². The molecule has 0 aliphatic rings. The lowest BCUT2D eigenvalue weighted by Gasteiger charge is -2.04. The number of aromatic nitrogens is 1. The van der Waals surface area contributed by atoms with Crippen LogP contribution in [0.2, 0.25) is 0 Å². The number of ether oxygens (including phenoxy) is 1. The van der Waals surface area contributed by atoms with Crippen molar-refractivity contribution in [1.82, 2.24) is 10.3 Å². The van der Waals surface area contributed by atoms with Gasteiger partial charge in [-0.3, -0.25) is 0 Å². The van der Waals surface area contributed by atoms with Crippen molar-refractivity contribution in [3.05, 3.63) is 42.4 Å². The van der Waals surface area contributed by atoms with Crippen LogP contribution in [0.15, 0.2) is 45.9 Å². The molecule has 0 aliphatic heterocycles. The highest BCUT2D eigenvalue weighted by Gasteiger charge is 2.05. The van der Waals surface area contributed by atoms with E-state index in [1.165, 1.54) is 0 Å². The molecule has 3 N–H and O–H groups in total. The Morgan fingerprint density at radius 2 is 2.13 bits per heavy atom. The Morgan fingerprint density at radius 3 is 2.87 bits per heavy atom. The van der Waals surface area contributed by atoms with E-state index in [0.29, 0.717) is 18.4 Å². The number of rotatable bonds is 8. The first-order chi connectivity index (χ1) is 10.8. The van der Waals surface area contributed by atoms with Gasteiger partial charge in [0, 0.05) is 25.3 Å². The number of oxazole rings is 1. The lowest BCUT2D eigenvalue weighted by Crippen LogP contribution is -2.32. The average molecular weight is 430 g/mol. The van der Waals surface area contributed by atoms with Crippen molar-refractivity contribution in [2.45, 2.75) is 19.9 Å². The van der Waals surface area contributed by atoms with Crippen LogP contribution in [-0.2, 0) is 11.3 Å². The van der Waals surface area contributed by atoms with E-state index in [-0.39, 0.29) is 24.0 Å². The summed E-state index contributed by atoms with van der Waals surface area (Å²) in [5.74, 6) is 1.66. The fraction of sp³-hybridized carbons (Fsp3) is 0.375. The van der Waals surface area contributed by atoms with E-state index in [1.807, 2.05) is 37.3 Å². The number of aliphatic imine (C=N–C) groups is 1. The number of hydrogen-bond acceptors (Lipinski definition) is 4. The topological polar surface area (TPSA) is 85.7 Å². The molecule has 2 rings (SSSR count). The van der Waals surface area contributed by atoms with E-state index < -0.39 is 0 Å². The highest BCUT2D eigenvalue weighted by Crippen LogP contribution is 2.19. The molecule has 0 atom stereocenters. The van der Waals surface area contributed by atoms with E-state index in [0.717, 1.165) is 37.5 Å². The highest BCUT2D eigenvalue weighted by molar-refractivity contribution is 14.0. The molecule has 126 valence electrons.